The van der Waals surface area contributed by atoms with Gasteiger partial charge in [-0.05, 0) is 33.6 Å². The molecule has 1 aliphatic carbocycles. The highest BCUT2D eigenvalue weighted by molar-refractivity contribution is 8.00. The first kappa shape index (κ1) is 17.6. The largest absolute Gasteiger partial charge is 0.353 e. The lowest BCUT2D eigenvalue weighted by atomic mass is 10.2. The second-order valence-corrected chi connectivity index (χ2v) is 9.32. The van der Waals surface area contributed by atoms with Gasteiger partial charge >= 0.3 is 0 Å². The number of aryl methyl sites for hydroxylation is 1. The first-order valence-corrected chi connectivity index (χ1v) is 9.98. The predicted octanol–water partition coefficient (Wildman–Crippen LogP) is 2.34. The molecule has 0 unspecified atom stereocenters. The average molecular weight is 351 g/mol. The Labute approximate surface area is 149 Å². The van der Waals surface area contributed by atoms with Gasteiger partial charge in [0.05, 0.1) is 0 Å². The number of aliphatic imine (C=N–C) groups is 1. The molecule has 2 aliphatic rings. The minimum absolute atomic E-state index is 0.276. The maximum Gasteiger partial charge on any atom is 0.194 e. The van der Waals surface area contributed by atoms with E-state index >= 15 is 0 Å². The Morgan fingerprint density at radius 1 is 1.33 bits per heavy atom. The third kappa shape index (κ3) is 4.23. The SMILES string of the molecule is Cc1nnc(CN=C(NC2CCCC2)N2CCSC(C)(C)C2)n1C. The molecule has 0 aromatic carbocycles. The Hall–Kier alpha value is -1.24. The van der Waals surface area contributed by atoms with Crippen molar-refractivity contribution in [1.82, 2.24) is 25.0 Å². The molecule has 0 spiro atoms. The Morgan fingerprint density at radius 3 is 2.71 bits per heavy atom. The van der Waals surface area contributed by atoms with Crippen molar-refractivity contribution in [3.05, 3.63) is 11.6 Å². The van der Waals surface area contributed by atoms with Crippen LogP contribution < -0.4 is 5.32 Å². The van der Waals surface area contributed by atoms with Crippen molar-refractivity contribution in [2.75, 3.05) is 18.8 Å². The zero-order valence-corrected chi connectivity index (χ0v) is 16.2. The summed E-state index contributed by atoms with van der Waals surface area (Å²) in [4.78, 5) is 7.35. The van der Waals surface area contributed by atoms with Gasteiger partial charge in [-0.1, -0.05) is 12.8 Å². The van der Waals surface area contributed by atoms with Crippen molar-refractivity contribution < 1.29 is 0 Å². The van der Waals surface area contributed by atoms with Gasteiger partial charge in [0.1, 0.15) is 12.4 Å². The van der Waals surface area contributed by atoms with E-state index in [0.717, 1.165) is 36.5 Å². The van der Waals surface area contributed by atoms with E-state index in [1.165, 1.54) is 25.7 Å². The molecule has 1 aliphatic heterocycles. The zero-order chi connectivity index (χ0) is 17.2. The van der Waals surface area contributed by atoms with Gasteiger partial charge in [-0.15, -0.1) is 10.2 Å². The van der Waals surface area contributed by atoms with Crippen LogP contribution in [0, 0.1) is 6.92 Å². The molecule has 0 atom stereocenters. The van der Waals surface area contributed by atoms with E-state index in [1.807, 2.05) is 18.5 Å². The molecular weight excluding hydrogens is 320 g/mol. The summed E-state index contributed by atoms with van der Waals surface area (Å²) in [6, 6.07) is 0.572. The van der Waals surface area contributed by atoms with E-state index in [-0.39, 0.29) is 4.75 Å². The smallest absolute Gasteiger partial charge is 0.194 e. The molecule has 0 bridgehead atoms. The topological polar surface area (TPSA) is 58.3 Å². The molecular formula is C17H30N6S. The Morgan fingerprint density at radius 2 is 2.08 bits per heavy atom. The molecule has 1 saturated carbocycles. The summed E-state index contributed by atoms with van der Waals surface area (Å²) in [6.45, 7) is 9.30. The summed E-state index contributed by atoms with van der Waals surface area (Å²) in [5, 5.41) is 12.1. The van der Waals surface area contributed by atoms with Gasteiger partial charge in [-0.2, -0.15) is 11.8 Å². The van der Waals surface area contributed by atoms with Crippen LogP contribution in [0.5, 0.6) is 0 Å². The third-order valence-electron chi connectivity index (χ3n) is 4.97. The van der Waals surface area contributed by atoms with Crippen LogP contribution in [0.15, 0.2) is 4.99 Å². The van der Waals surface area contributed by atoms with Crippen LogP contribution in [0.1, 0.15) is 51.2 Å². The minimum atomic E-state index is 0.276. The van der Waals surface area contributed by atoms with Crippen LogP contribution in [-0.2, 0) is 13.6 Å². The lowest BCUT2D eigenvalue weighted by molar-refractivity contribution is 0.368. The highest BCUT2D eigenvalue weighted by atomic mass is 32.2. The summed E-state index contributed by atoms with van der Waals surface area (Å²) in [6.07, 6.45) is 5.17. The number of hydrogen-bond acceptors (Lipinski definition) is 4. The third-order valence-corrected chi connectivity index (χ3v) is 6.26. The number of hydrogen-bond donors (Lipinski definition) is 1. The standard InChI is InChI=1S/C17H30N6S/c1-13-20-21-15(22(13)4)11-18-16(19-14-7-5-6-8-14)23-9-10-24-17(2,3)12-23/h14H,5-12H2,1-4H3,(H,18,19). The molecule has 2 heterocycles. The summed E-state index contributed by atoms with van der Waals surface area (Å²) in [7, 11) is 2.00. The molecule has 6 nitrogen and oxygen atoms in total. The lowest BCUT2D eigenvalue weighted by Gasteiger charge is -2.40. The maximum atomic E-state index is 4.92. The average Bonchev–Trinajstić information content (AvgIpc) is 3.15. The van der Waals surface area contributed by atoms with E-state index in [2.05, 4.69) is 46.0 Å². The molecule has 1 saturated heterocycles. The van der Waals surface area contributed by atoms with Crippen molar-refractivity contribution in [2.24, 2.45) is 12.0 Å². The number of guanidine groups is 1. The van der Waals surface area contributed by atoms with Crippen LogP contribution in [0.25, 0.3) is 0 Å². The fourth-order valence-corrected chi connectivity index (χ4v) is 4.53. The quantitative estimate of drug-likeness (QED) is 0.670. The number of nitrogens with zero attached hydrogens (tertiary/aromatic N) is 5. The van der Waals surface area contributed by atoms with Gasteiger partial charge < -0.3 is 14.8 Å². The van der Waals surface area contributed by atoms with E-state index in [9.17, 15) is 0 Å². The van der Waals surface area contributed by atoms with Gasteiger partial charge in [0.2, 0.25) is 0 Å². The molecule has 2 fully saturated rings. The van der Waals surface area contributed by atoms with E-state index < -0.39 is 0 Å². The van der Waals surface area contributed by atoms with E-state index in [0.29, 0.717) is 12.6 Å². The second-order valence-electron chi connectivity index (χ2n) is 7.52. The fraction of sp³-hybridized carbons (Fsp3) is 0.824. The van der Waals surface area contributed by atoms with Gasteiger partial charge in [0, 0.05) is 36.7 Å². The minimum Gasteiger partial charge on any atom is -0.353 e. The maximum absolute atomic E-state index is 4.92. The number of aromatic nitrogens is 3. The number of thioether (sulfide) groups is 1. The molecule has 1 N–H and O–H groups in total. The highest BCUT2D eigenvalue weighted by Crippen LogP contribution is 2.29. The number of nitrogens with one attached hydrogen (secondary N) is 1. The fourth-order valence-electron chi connectivity index (χ4n) is 3.42. The van der Waals surface area contributed by atoms with Crippen LogP contribution in [-0.4, -0.2) is 55.3 Å². The Balaban J connectivity index is 1.75. The summed E-state index contributed by atoms with van der Waals surface area (Å²) in [5.41, 5.74) is 0. The van der Waals surface area contributed by atoms with Crippen LogP contribution in [0.4, 0.5) is 0 Å². The molecule has 0 radical (unpaired) electrons. The van der Waals surface area contributed by atoms with Crippen LogP contribution in [0.3, 0.4) is 0 Å². The van der Waals surface area contributed by atoms with Gasteiger partial charge in [-0.3, -0.25) is 0 Å². The molecule has 1 aromatic rings. The summed E-state index contributed by atoms with van der Waals surface area (Å²) >= 11 is 2.05. The Kier molecular flexibility index (Phi) is 5.37. The predicted molar refractivity (Wildman–Crippen MR) is 100 cm³/mol. The summed E-state index contributed by atoms with van der Waals surface area (Å²) in [5.74, 6) is 4.06. The van der Waals surface area contributed by atoms with E-state index in [1.54, 1.807) is 0 Å². The normalized spacial score (nSPS) is 22.2. The van der Waals surface area contributed by atoms with Gasteiger partial charge in [0.25, 0.3) is 0 Å². The van der Waals surface area contributed by atoms with Crippen LogP contribution in [0.2, 0.25) is 0 Å². The monoisotopic (exact) mass is 350 g/mol. The second kappa shape index (κ2) is 7.33. The van der Waals surface area contributed by atoms with Gasteiger partial charge in [0.15, 0.2) is 11.8 Å². The lowest BCUT2D eigenvalue weighted by Crippen LogP contribution is -2.52. The van der Waals surface area contributed by atoms with Crippen molar-refractivity contribution in [3.8, 4) is 0 Å². The van der Waals surface area contributed by atoms with Crippen molar-refractivity contribution in [1.29, 1.82) is 0 Å². The zero-order valence-electron chi connectivity index (χ0n) is 15.4. The Bertz CT molecular complexity index is 588. The molecule has 1 aromatic heterocycles. The molecule has 7 heteroatoms. The van der Waals surface area contributed by atoms with Crippen molar-refractivity contribution >= 4 is 17.7 Å². The highest BCUT2D eigenvalue weighted by Gasteiger charge is 2.30. The molecule has 3 rings (SSSR count). The van der Waals surface area contributed by atoms with Crippen LogP contribution >= 0.6 is 11.8 Å². The molecule has 24 heavy (non-hydrogen) atoms. The van der Waals surface area contributed by atoms with Crippen molar-refractivity contribution in [3.63, 3.8) is 0 Å². The van der Waals surface area contributed by atoms with E-state index in [4.69, 9.17) is 4.99 Å². The molecule has 134 valence electrons. The molecule has 0 amide bonds. The van der Waals surface area contributed by atoms with Gasteiger partial charge in [-0.25, -0.2) is 4.99 Å². The first-order valence-electron chi connectivity index (χ1n) is 8.99. The first-order chi connectivity index (χ1) is 11.4. The number of rotatable bonds is 3. The summed E-state index contributed by atoms with van der Waals surface area (Å²) < 4.78 is 2.30. The van der Waals surface area contributed by atoms with Crippen molar-refractivity contribution in [2.45, 2.75) is 63.8 Å².